The van der Waals surface area contributed by atoms with Crippen molar-refractivity contribution in [2.75, 3.05) is 6.54 Å². The van der Waals surface area contributed by atoms with Gasteiger partial charge in [-0.15, -0.1) is 5.10 Å². The Labute approximate surface area is 155 Å². The van der Waals surface area contributed by atoms with Crippen LogP contribution in [0.2, 0.25) is 5.02 Å². The van der Waals surface area contributed by atoms with E-state index in [4.69, 9.17) is 16.3 Å². The molecular weight excluding hydrogens is 378 g/mol. The molecule has 3 rings (SSSR count). The summed E-state index contributed by atoms with van der Waals surface area (Å²) in [5.41, 5.74) is 0.942. The minimum Gasteiger partial charge on any atom is -0.486 e. The summed E-state index contributed by atoms with van der Waals surface area (Å²) in [7, 11) is -3.56. The number of benzene rings is 2. The second-order valence-electron chi connectivity index (χ2n) is 5.39. The molecule has 0 unspecified atom stereocenters. The average Bonchev–Trinajstić information content (AvgIpc) is 3.14. The van der Waals surface area contributed by atoms with Gasteiger partial charge in [0.15, 0.2) is 5.82 Å². The van der Waals surface area contributed by atoms with Gasteiger partial charge in [0.05, 0.1) is 4.90 Å². The van der Waals surface area contributed by atoms with Crippen LogP contribution in [0.5, 0.6) is 5.75 Å². The number of aromatic nitrogens is 4. The molecule has 0 radical (unpaired) electrons. The van der Waals surface area contributed by atoms with Gasteiger partial charge in [-0.2, -0.15) is 0 Å². The van der Waals surface area contributed by atoms with Crippen LogP contribution in [0.3, 0.4) is 0 Å². The molecule has 2 aromatic carbocycles. The number of tetrazole rings is 1. The molecule has 0 spiro atoms. The Bertz CT molecular complexity index is 946. The lowest BCUT2D eigenvalue weighted by molar-refractivity contribution is 0.295. The lowest BCUT2D eigenvalue weighted by Crippen LogP contribution is -2.25. The maximum Gasteiger partial charge on any atom is 0.240 e. The van der Waals surface area contributed by atoms with Crippen molar-refractivity contribution in [2.24, 2.45) is 0 Å². The third-order valence-electron chi connectivity index (χ3n) is 3.49. The Morgan fingerprint density at radius 3 is 2.69 bits per heavy atom. The quantitative estimate of drug-likeness (QED) is 0.605. The first-order valence-corrected chi connectivity index (χ1v) is 9.59. The van der Waals surface area contributed by atoms with E-state index in [9.17, 15) is 8.42 Å². The van der Waals surface area contributed by atoms with Crippen molar-refractivity contribution in [3.8, 4) is 5.75 Å². The van der Waals surface area contributed by atoms with Crippen LogP contribution in [-0.4, -0.2) is 35.6 Å². The molecule has 0 aliphatic rings. The predicted octanol–water partition coefficient (Wildman–Crippen LogP) is 1.95. The molecule has 1 aromatic heterocycles. The van der Waals surface area contributed by atoms with Crippen LogP contribution in [-0.2, 0) is 23.1 Å². The van der Waals surface area contributed by atoms with Crippen LogP contribution in [0.4, 0.5) is 0 Å². The first kappa shape index (κ1) is 18.3. The van der Waals surface area contributed by atoms with Gasteiger partial charge < -0.3 is 4.74 Å². The number of hydrogen-bond donors (Lipinski definition) is 2. The van der Waals surface area contributed by atoms with Gasteiger partial charge in [0.2, 0.25) is 10.0 Å². The molecule has 0 saturated heterocycles. The predicted molar refractivity (Wildman–Crippen MR) is 95.3 cm³/mol. The van der Waals surface area contributed by atoms with E-state index in [0.717, 1.165) is 5.56 Å². The van der Waals surface area contributed by atoms with E-state index in [1.165, 1.54) is 12.1 Å². The van der Waals surface area contributed by atoms with Gasteiger partial charge in [0, 0.05) is 11.6 Å². The molecule has 10 heteroatoms. The van der Waals surface area contributed by atoms with Gasteiger partial charge in [-0.05, 0) is 58.8 Å². The molecule has 3 aromatic rings. The maximum absolute atomic E-state index is 12.2. The average molecular weight is 394 g/mol. The Hall–Kier alpha value is -2.49. The third-order valence-corrected chi connectivity index (χ3v) is 5.22. The van der Waals surface area contributed by atoms with Gasteiger partial charge in [-0.25, -0.2) is 18.2 Å². The second-order valence-corrected chi connectivity index (χ2v) is 7.59. The van der Waals surface area contributed by atoms with Gasteiger partial charge in [-0.1, -0.05) is 23.7 Å². The van der Waals surface area contributed by atoms with Gasteiger partial charge >= 0.3 is 0 Å². The van der Waals surface area contributed by atoms with Crippen molar-refractivity contribution in [3.05, 3.63) is 64.9 Å². The summed E-state index contributed by atoms with van der Waals surface area (Å²) >= 11 is 5.78. The molecule has 0 fully saturated rings. The van der Waals surface area contributed by atoms with Gasteiger partial charge in [0.1, 0.15) is 12.4 Å². The number of H-pyrrole nitrogens is 1. The molecule has 0 amide bonds. The van der Waals surface area contributed by atoms with Crippen LogP contribution < -0.4 is 9.46 Å². The molecule has 0 saturated carbocycles. The zero-order valence-electron chi connectivity index (χ0n) is 13.6. The summed E-state index contributed by atoms with van der Waals surface area (Å²) in [5.74, 6) is 1.17. The number of aromatic amines is 1. The summed E-state index contributed by atoms with van der Waals surface area (Å²) in [6.45, 7) is 0.486. The standard InChI is InChI=1S/C16H16ClN5O3S/c17-13-4-6-15(7-5-13)26(23,24)18-9-8-12-2-1-3-14(10-12)25-11-16-19-21-22-20-16/h1-7,10,18H,8-9,11H2,(H,19,20,21,22). The largest absolute Gasteiger partial charge is 0.486 e. The zero-order chi connectivity index (χ0) is 18.4. The van der Waals surface area contributed by atoms with E-state index in [-0.39, 0.29) is 18.0 Å². The van der Waals surface area contributed by atoms with Crippen molar-refractivity contribution in [1.82, 2.24) is 25.3 Å². The second kappa shape index (κ2) is 8.26. The van der Waals surface area contributed by atoms with E-state index in [1.807, 2.05) is 24.3 Å². The first-order chi connectivity index (χ1) is 12.5. The van der Waals surface area contributed by atoms with Crippen LogP contribution in [0.1, 0.15) is 11.4 Å². The molecule has 8 nitrogen and oxygen atoms in total. The lowest BCUT2D eigenvalue weighted by Gasteiger charge is -2.09. The number of halogens is 1. The molecule has 2 N–H and O–H groups in total. The highest BCUT2D eigenvalue weighted by Gasteiger charge is 2.13. The SMILES string of the molecule is O=S(=O)(NCCc1cccc(OCc2nnn[nH]2)c1)c1ccc(Cl)cc1. The van der Waals surface area contributed by atoms with E-state index >= 15 is 0 Å². The monoisotopic (exact) mass is 393 g/mol. The van der Waals surface area contributed by atoms with Crippen molar-refractivity contribution < 1.29 is 13.2 Å². The highest BCUT2D eigenvalue weighted by molar-refractivity contribution is 7.89. The minimum atomic E-state index is -3.56. The molecule has 0 aliphatic heterocycles. The maximum atomic E-state index is 12.2. The number of hydrogen-bond acceptors (Lipinski definition) is 6. The fourth-order valence-electron chi connectivity index (χ4n) is 2.21. The first-order valence-electron chi connectivity index (χ1n) is 7.72. The van der Waals surface area contributed by atoms with E-state index in [0.29, 0.717) is 23.0 Å². The molecule has 0 bridgehead atoms. The number of nitrogens with zero attached hydrogens (tertiary/aromatic N) is 3. The van der Waals surface area contributed by atoms with E-state index in [1.54, 1.807) is 12.1 Å². The van der Waals surface area contributed by atoms with Crippen molar-refractivity contribution >= 4 is 21.6 Å². The third kappa shape index (κ3) is 5.01. The Morgan fingerprint density at radius 1 is 1.15 bits per heavy atom. The Morgan fingerprint density at radius 2 is 1.96 bits per heavy atom. The molecular formula is C16H16ClN5O3S. The van der Waals surface area contributed by atoms with Crippen molar-refractivity contribution in [1.29, 1.82) is 0 Å². The highest BCUT2D eigenvalue weighted by atomic mass is 35.5. The Kier molecular flexibility index (Phi) is 5.82. The zero-order valence-corrected chi connectivity index (χ0v) is 15.2. The Balaban J connectivity index is 1.54. The van der Waals surface area contributed by atoms with E-state index < -0.39 is 10.0 Å². The summed E-state index contributed by atoms with van der Waals surface area (Å²) in [4.78, 5) is 0.180. The molecule has 1 heterocycles. The van der Waals surface area contributed by atoms with Gasteiger partial charge in [0.25, 0.3) is 0 Å². The van der Waals surface area contributed by atoms with Crippen molar-refractivity contribution in [3.63, 3.8) is 0 Å². The van der Waals surface area contributed by atoms with Crippen LogP contribution in [0.25, 0.3) is 0 Å². The molecule has 26 heavy (non-hydrogen) atoms. The van der Waals surface area contributed by atoms with Crippen LogP contribution >= 0.6 is 11.6 Å². The van der Waals surface area contributed by atoms with Crippen molar-refractivity contribution in [2.45, 2.75) is 17.9 Å². The number of rotatable bonds is 8. The topological polar surface area (TPSA) is 110 Å². The highest BCUT2D eigenvalue weighted by Crippen LogP contribution is 2.16. The fraction of sp³-hybridized carbons (Fsp3) is 0.188. The summed E-state index contributed by atoms with van der Waals surface area (Å²) in [6.07, 6.45) is 0.522. The number of ether oxygens (including phenoxy) is 1. The number of sulfonamides is 1. The normalized spacial score (nSPS) is 11.4. The smallest absolute Gasteiger partial charge is 0.240 e. The lowest BCUT2D eigenvalue weighted by atomic mass is 10.1. The summed E-state index contributed by atoms with van der Waals surface area (Å²) < 4.78 is 32.6. The van der Waals surface area contributed by atoms with Gasteiger partial charge in [-0.3, -0.25) is 0 Å². The summed E-state index contributed by atoms with van der Waals surface area (Å²) in [5, 5.41) is 13.8. The molecule has 0 atom stereocenters. The van der Waals surface area contributed by atoms with Crippen LogP contribution in [0.15, 0.2) is 53.4 Å². The fourth-order valence-corrected chi connectivity index (χ4v) is 3.37. The van der Waals surface area contributed by atoms with Crippen LogP contribution in [0, 0.1) is 0 Å². The molecule has 136 valence electrons. The minimum absolute atomic E-state index is 0.180. The number of nitrogens with one attached hydrogen (secondary N) is 2. The molecule has 0 aliphatic carbocycles. The summed E-state index contributed by atoms with van der Waals surface area (Å²) in [6, 6.07) is 13.4. The van der Waals surface area contributed by atoms with E-state index in [2.05, 4.69) is 25.3 Å².